The fraction of sp³-hybridized carbons (Fsp3) is 1.00. The Labute approximate surface area is 96.7 Å². The molecule has 0 saturated carbocycles. The Morgan fingerprint density at radius 1 is 1.29 bits per heavy atom. The highest BCUT2D eigenvalue weighted by Gasteiger charge is 2.27. The first-order valence-electron chi connectivity index (χ1n) is 5.67. The fourth-order valence-electron chi connectivity index (χ4n) is 2.03. The minimum absolute atomic E-state index is 0.432. The summed E-state index contributed by atoms with van der Waals surface area (Å²) in [6, 6.07) is 0. The van der Waals surface area contributed by atoms with Gasteiger partial charge in [-0.2, -0.15) is 0 Å². The number of hydrogen-bond donors (Lipinski definition) is 0. The van der Waals surface area contributed by atoms with Gasteiger partial charge >= 0.3 is 0 Å². The SMILES string of the molecule is CC(C)(C)C(CBr)CC1CCOCC1. The van der Waals surface area contributed by atoms with Crippen LogP contribution in [0.4, 0.5) is 0 Å². The minimum atomic E-state index is 0.432. The predicted octanol–water partition coefficient (Wildman–Crippen LogP) is 3.86. The smallest absolute Gasteiger partial charge is 0.0468 e. The molecule has 1 unspecified atom stereocenters. The van der Waals surface area contributed by atoms with Crippen molar-refractivity contribution >= 4 is 15.9 Å². The molecule has 0 spiro atoms. The molecule has 0 amide bonds. The number of hydrogen-bond acceptors (Lipinski definition) is 1. The van der Waals surface area contributed by atoms with Gasteiger partial charge in [-0.1, -0.05) is 36.7 Å². The van der Waals surface area contributed by atoms with Crippen LogP contribution in [0.1, 0.15) is 40.0 Å². The molecule has 14 heavy (non-hydrogen) atoms. The van der Waals surface area contributed by atoms with Crippen LogP contribution in [0, 0.1) is 17.3 Å². The van der Waals surface area contributed by atoms with Crippen LogP contribution in [0.25, 0.3) is 0 Å². The molecule has 1 heterocycles. The lowest BCUT2D eigenvalue weighted by Crippen LogP contribution is -2.27. The normalized spacial score (nSPS) is 22.3. The molecule has 1 rings (SSSR count). The van der Waals surface area contributed by atoms with E-state index in [0.29, 0.717) is 5.41 Å². The molecule has 1 saturated heterocycles. The van der Waals surface area contributed by atoms with Crippen LogP contribution in [-0.2, 0) is 4.74 Å². The van der Waals surface area contributed by atoms with Crippen LogP contribution >= 0.6 is 15.9 Å². The van der Waals surface area contributed by atoms with Gasteiger partial charge in [0, 0.05) is 18.5 Å². The van der Waals surface area contributed by atoms with E-state index in [1.54, 1.807) is 0 Å². The molecular formula is C12H23BrO. The summed E-state index contributed by atoms with van der Waals surface area (Å²) >= 11 is 3.65. The summed E-state index contributed by atoms with van der Waals surface area (Å²) in [7, 11) is 0. The van der Waals surface area contributed by atoms with Gasteiger partial charge in [-0.25, -0.2) is 0 Å². The quantitative estimate of drug-likeness (QED) is 0.702. The highest BCUT2D eigenvalue weighted by molar-refractivity contribution is 9.09. The van der Waals surface area contributed by atoms with Gasteiger partial charge in [0.25, 0.3) is 0 Å². The lowest BCUT2D eigenvalue weighted by atomic mass is 9.75. The standard InChI is InChI=1S/C12H23BrO/c1-12(2,3)11(9-13)8-10-4-6-14-7-5-10/h10-11H,4-9H2,1-3H3. The van der Waals surface area contributed by atoms with Crippen molar-refractivity contribution in [2.45, 2.75) is 40.0 Å². The molecule has 0 aromatic carbocycles. The number of rotatable bonds is 3. The van der Waals surface area contributed by atoms with Crippen molar-refractivity contribution in [2.75, 3.05) is 18.5 Å². The summed E-state index contributed by atoms with van der Waals surface area (Å²) in [5, 5.41) is 1.13. The van der Waals surface area contributed by atoms with E-state index >= 15 is 0 Å². The van der Waals surface area contributed by atoms with E-state index in [1.807, 2.05) is 0 Å². The average Bonchev–Trinajstić information content (AvgIpc) is 2.14. The summed E-state index contributed by atoms with van der Waals surface area (Å²) in [6.07, 6.45) is 3.89. The molecule has 1 aliphatic heterocycles. The van der Waals surface area contributed by atoms with E-state index in [4.69, 9.17) is 4.74 Å². The molecule has 1 fully saturated rings. The third kappa shape index (κ3) is 3.90. The molecule has 1 atom stereocenters. The van der Waals surface area contributed by atoms with E-state index in [-0.39, 0.29) is 0 Å². The van der Waals surface area contributed by atoms with Crippen molar-refractivity contribution < 1.29 is 4.74 Å². The second-order valence-electron chi connectivity index (χ2n) is 5.51. The van der Waals surface area contributed by atoms with Gasteiger partial charge in [-0.05, 0) is 36.5 Å². The molecule has 0 N–H and O–H groups in total. The van der Waals surface area contributed by atoms with Crippen molar-refractivity contribution in [1.82, 2.24) is 0 Å². The summed E-state index contributed by atoms with van der Waals surface area (Å²) in [5.74, 6) is 1.69. The van der Waals surface area contributed by atoms with Gasteiger partial charge in [0.05, 0.1) is 0 Å². The molecule has 84 valence electrons. The topological polar surface area (TPSA) is 9.23 Å². The van der Waals surface area contributed by atoms with Gasteiger partial charge in [0.1, 0.15) is 0 Å². The zero-order valence-electron chi connectivity index (χ0n) is 9.68. The highest BCUT2D eigenvalue weighted by Crippen LogP contribution is 2.35. The first-order valence-corrected chi connectivity index (χ1v) is 6.80. The van der Waals surface area contributed by atoms with Crippen molar-refractivity contribution in [3.63, 3.8) is 0 Å². The van der Waals surface area contributed by atoms with E-state index in [0.717, 1.165) is 30.4 Å². The number of halogens is 1. The molecule has 1 nitrogen and oxygen atoms in total. The van der Waals surface area contributed by atoms with Gasteiger partial charge in [-0.3, -0.25) is 0 Å². The van der Waals surface area contributed by atoms with E-state index in [2.05, 4.69) is 36.7 Å². The number of ether oxygens (including phenoxy) is 1. The zero-order valence-corrected chi connectivity index (χ0v) is 11.3. The lowest BCUT2D eigenvalue weighted by Gasteiger charge is -2.33. The highest BCUT2D eigenvalue weighted by atomic mass is 79.9. The predicted molar refractivity (Wildman–Crippen MR) is 64.9 cm³/mol. The third-order valence-electron chi connectivity index (χ3n) is 3.37. The first kappa shape index (κ1) is 12.5. The van der Waals surface area contributed by atoms with Gasteiger partial charge in [0.2, 0.25) is 0 Å². The minimum Gasteiger partial charge on any atom is -0.381 e. The van der Waals surface area contributed by atoms with Gasteiger partial charge < -0.3 is 4.74 Å². The van der Waals surface area contributed by atoms with Crippen LogP contribution in [0.3, 0.4) is 0 Å². The number of alkyl halides is 1. The van der Waals surface area contributed by atoms with Crippen LogP contribution in [0.5, 0.6) is 0 Å². The monoisotopic (exact) mass is 262 g/mol. The Balaban J connectivity index is 2.39. The Bertz CT molecular complexity index is 156. The summed E-state index contributed by atoms with van der Waals surface area (Å²) < 4.78 is 5.39. The van der Waals surface area contributed by atoms with Crippen molar-refractivity contribution in [3.05, 3.63) is 0 Å². The van der Waals surface area contributed by atoms with Crippen LogP contribution < -0.4 is 0 Å². The Hall–Kier alpha value is 0.440. The maximum absolute atomic E-state index is 5.39. The molecule has 0 radical (unpaired) electrons. The van der Waals surface area contributed by atoms with Crippen LogP contribution in [0.15, 0.2) is 0 Å². The van der Waals surface area contributed by atoms with Gasteiger partial charge in [0.15, 0.2) is 0 Å². The van der Waals surface area contributed by atoms with Crippen LogP contribution in [0.2, 0.25) is 0 Å². The van der Waals surface area contributed by atoms with Crippen molar-refractivity contribution in [2.24, 2.45) is 17.3 Å². The Kier molecular flexibility index (Phi) is 4.92. The molecule has 2 heteroatoms. The molecule has 0 aromatic rings. The third-order valence-corrected chi connectivity index (χ3v) is 4.15. The molecule has 0 aromatic heterocycles. The summed E-state index contributed by atoms with van der Waals surface area (Å²) in [5.41, 5.74) is 0.432. The Morgan fingerprint density at radius 2 is 1.86 bits per heavy atom. The lowest BCUT2D eigenvalue weighted by molar-refractivity contribution is 0.0524. The first-order chi connectivity index (χ1) is 6.54. The molecular weight excluding hydrogens is 240 g/mol. The molecule has 1 aliphatic rings. The largest absolute Gasteiger partial charge is 0.381 e. The second kappa shape index (κ2) is 5.50. The Morgan fingerprint density at radius 3 is 2.29 bits per heavy atom. The summed E-state index contributed by atoms with van der Waals surface area (Å²) in [4.78, 5) is 0. The zero-order chi connectivity index (χ0) is 10.6. The fourth-order valence-corrected chi connectivity index (χ4v) is 3.27. The van der Waals surface area contributed by atoms with Crippen molar-refractivity contribution in [1.29, 1.82) is 0 Å². The summed E-state index contributed by atoms with van der Waals surface area (Å²) in [6.45, 7) is 8.99. The van der Waals surface area contributed by atoms with E-state index < -0.39 is 0 Å². The van der Waals surface area contributed by atoms with Gasteiger partial charge in [-0.15, -0.1) is 0 Å². The molecule has 0 bridgehead atoms. The second-order valence-corrected chi connectivity index (χ2v) is 6.16. The maximum Gasteiger partial charge on any atom is 0.0468 e. The average molecular weight is 263 g/mol. The van der Waals surface area contributed by atoms with E-state index in [9.17, 15) is 0 Å². The van der Waals surface area contributed by atoms with Crippen molar-refractivity contribution in [3.8, 4) is 0 Å². The molecule has 0 aliphatic carbocycles. The maximum atomic E-state index is 5.39. The van der Waals surface area contributed by atoms with Crippen LogP contribution in [-0.4, -0.2) is 18.5 Å². The van der Waals surface area contributed by atoms with E-state index in [1.165, 1.54) is 19.3 Å².